The highest BCUT2D eigenvalue weighted by atomic mass is 14.9. The highest BCUT2D eigenvalue weighted by Crippen LogP contribution is 2.17. The third kappa shape index (κ3) is 5.22. The molecule has 3 heteroatoms. The fourth-order valence-corrected chi connectivity index (χ4v) is 1.81. The van der Waals surface area contributed by atoms with E-state index in [0.717, 1.165) is 35.5 Å². The number of nitrogens with one attached hydrogen (secondary N) is 2. The maximum absolute atomic E-state index is 7.19. The Labute approximate surface area is 121 Å². The minimum atomic E-state index is 0.787. The number of benzene rings is 1. The summed E-state index contributed by atoms with van der Waals surface area (Å²) in [6.07, 6.45) is 6.81. The van der Waals surface area contributed by atoms with Crippen LogP contribution in [0.15, 0.2) is 47.6 Å². The molecule has 0 amide bonds. The zero-order chi connectivity index (χ0) is 14.8. The van der Waals surface area contributed by atoms with Crippen molar-refractivity contribution in [3.8, 4) is 0 Å². The Kier molecular flexibility index (Phi) is 7.04. The highest BCUT2D eigenvalue weighted by Gasteiger charge is 2.00. The summed E-state index contributed by atoms with van der Waals surface area (Å²) >= 11 is 0. The van der Waals surface area contributed by atoms with E-state index in [1.165, 1.54) is 19.1 Å². The molecular weight excluding hydrogens is 246 g/mol. The van der Waals surface area contributed by atoms with E-state index >= 15 is 0 Å². The van der Waals surface area contributed by atoms with Gasteiger partial charge in [-0.1, -0.05) is 50.6 Å². The van der Waals surface area contributed by atoms with Crippen LogP contribution in [0.5, 0.6) is 0 Å². The first-order valence-electron chi connectivity index (χ1n) is 6.93. The molecule has 3 nitrogen and oxygen atoms in total. The molecule has 0 spiro atoms. The van der Waals surface area contributed by atoms with E-state index in [4.69, 9.17) is 5.41 Å². The number of hydrogen-bond donors (Lipinski definition) is 2. The number of nitrogens with zero attached hydrogens (tertiary/aromatic N) is 1. The summed E-state index contributed by atoms with van der Waals surface area (Å²) in [5.74, 6) is 0. The van der Waals surface area contributed by atoms with Gasteiger partial charge in [0.25, 0.3) is 0 Å². The maximum atomic E-state index is 7.19. The lowest BCUT2D eigenvalue weighted by Gasteiger charge is -2.07. The van der Waals surface area contributed by atoms with Crippen molar-refractivity contribution in [1.82, 2.24) is 5.32 Å². The minimum absolute atomic E-state index is 0.787. The Morgan fingerprint density at radius 2 is 2.00 bits per heavy atom. The van der Waals surface area contributed by atoms with Crippen molar-refractivity contribution in [3.05, 3.63) is 53.7 Å². The summed E-state index contributed by atoms with van der Waals surface area (Å²) in [6, 6.07) is 7.65. The van der Waals surface area contributed by atoms with Gasteiger partial charge in [0.1, 0.15) is 0 Å². The van der Waals surface area contributed by atoms with Gasteiger partial charge in [-0.25, -0.2) is 0 Å². The van der Waals surface area contributed by atoms with Crippen molar-refractivity contribution in [2.75, 3.05) is 6.54 Å². The van der Waals surface area contributed by atoms with Crippen LogP contribution in [0, 0.1) is 5.41 Å². The van der Waals surface area contributed by atoms with E-state index in [0.29, 0.717) is 0 Å². The first-order valence-corrected chi connectivity index (χ1v) is 6.93. The summed E-state index contributed by atoms with van der Waals surface area (Å²) in [5, 5.41) is 10.5. The van der Waals surface area contributed by atoms with Gasteiger partial charge in [-0.2, -0.15) is 0 Å². The van der Waals surface area contributed by atoms with Crippen LogP contribution in [-0.4, -0.2) is 19.5 Å². The molecule has 0 aliphatic heterocycles. The normalized spacial score (nSPS) is 10.9. The van der Waals surface area contributed by atoms with Crippen LogP contribution in [0.1, 0.15) is 37.3 Å². The number of allylic oxidation sites excluding steroid dienone is 1. The molecule has 0 aliphatic rings. The summed E-state index contributed by atoms with van der Waals surface area (Å²) < 4.78 is 0. The molecule has 106 valence electrons. The average Bonchev–Trinajstić information content (AvgIpc) is 2.49. The zero-order valence-corrected chi connectivity index (χ0v) is 12.2. The Morgan fingerprint density at radius 3 is 2.55 bits per heavy atom. The lowest BCUT2D eigenvalue weighted by atomic mass is 10.1. The second-order valence-electron chi connectivity index (χ2n) is 4.61. The molecule has 0 heterocycles. The molecule has 1 rings (SSSR count). The Balaban J connectivity index is 2.68. The van der Waals surface area contributed by atoms with Gasteiger partial charge < -0.3 is 10.7 Å². The van der Waals surface area contributed by atoms with E-state index in [2.05, 4.69) is 30.5 Å². The minimum Gasteiger partial charge on any atom is -0.385 e. The molecule has 1 aromatic carbocycles. The lowest BCUT2D eigenvalue weighted by Crippen LogP contribution is -2.12. The zero-order valence-electron chi connectivity index (χ0n) is 12.2. The predicted molar refractivity (Wildman–Crippen MR) is 88.5 cm³/mol. The van der Waals surface area contributed by atoms with Gasteiger partial charge in [0, 0.05) is 24.0 Å². The predicted octanol–water partition coefficient (Wildman–Crippen LogP) is 4.02. The molecule has 2 N–H and O–H groups in total. The quantitative estimate of drug-likeness (QED) is 0.397. The molecule has 0 saturated heterocycles. The Hall–Kier alpha value is -2.16. The Morgan fingerprint density at radius 1 is 1.30 bits per heavy atom. The van der Waals surface area contributed by atoms with Crippen LogP contribution >= 0.6 is 0 Å². The lowest BCUT2D eigenvalue weighted by molar-refractivity contribution is 0.674. The van der Waals surface area contributed by atoms with Gasteiger partial charge in [-0.3, -0.25) is 4.99 Å². The van der Waals surface area contributed by atoms with Crippen molar-refractivity contribution in [2.45, 2.75) is 26.2 Å². The van der Waals surface area contributed by atoms with E-state index in [1.807, 2.05) is 30.3 Å². The third-order valence-electron chi connectivity index (χ3n) is 2.99. The summed E-state index contributed by atoms with van der Waals surface area (Å²) in [6.45, 7) is 10.7. The number of unbranched alkanes of at least 4 members (excludes halogenated alkanes) is 2. The first-order chi connectivity index (χ1) is 9.71. The molecule has 0 aromatic heterocycles. The smallest absolute Gasteiger partial charge is 0.0715 e. The second-order valence-corrected chi connectivity index (χ2v) is 4.61. The molecule has 1 aromatic rings. The monoisotopic (exact) mass is 269 g/mol. The average molecular weight is 269 g/mol. The first kappa shape index (κ1) is 15.9. The largest absolute Gasteiger partial charge is 0.385 e. The van der Waals surface area contributed by atoms with Gasteiger partial charge in [0.05, 0.1) is 5.70 Å². The van der Waals surface area contributed by atoms with Crippen LogP contribution < -0.4 is 5.32 Å². The van der Waals surface area contributed by atoms with Gasteiger partial charge in [0.15, 0.2) is 0 Å². The third-order valence-corrected chi connectivity index (χ3v) is 2.99. The van der Waals surface area contributed by atoms with E-state index in [1.54, 1.807) is 0 Å². The van der Waals surface area contributed by atoms with Crippen molar-refractivity contribution >= 4 is 18.6 Å². The standard InChI is InChI=1S/C17H23N3/c1-4-5-6-11-20-14(2)12-17(19-3)16-9-7-15(13-18)8-10-16/h7-10,12-13,18,20H,2-6,11H2,1H3/b17-12-,18-13?. The van der Waals surface area contributed by atoms with Crippen LogP contribution in [-0.2, 0) is 0 Å². The number of aliphatic imine (C=N–C) groups is 1. The fourth-order valence-electron chi connectivity index (χ4n) is 1.81. The fraction of sp³-hybridized carbons (Fsp3) is 0.294. The number of hydrogen-bond acceptors (Lipinski definition) is 3. The van der Waals surface area contributed by atoms with Crippen molar-refractivity contribution < 1.29 is 0 Å². The molecule has 0 fully saturated rings. The van der Waals surface area contributed by atoms with E-state index < -0.39 is 0 Å². The molecule has 20 heavy (non-hydrogen) atoms. The topological polar surface area (TPSA) is 48.2 Å². The van der Waals surface area contributed by atoms with Crippen LogP contribution in [0.4, 0.5) is 0 Å². The Bertz CT molecular complexity index is 483. The van der Waals surface area contributed by atoms with Gasteiger partial charge >= 0.3 is 0 Å². The van der Waals surface area contributed by atoms with E-state index in [9.17, 15) is 0 Å². The van der Waals surface area contributed by atoms with E-state index in [-0.39, 0.29) is 0 Å². The summed E-state index contributed by atoms with van der Waals surface area (Å²) in [7, 11) is 0. The van der Waals surface area contributed by atoms with Crippen molar-refractivity contribution in [2.24, 2.45) is 4.99 Å². The van der Waals surface area contributed by atoms with Crippen molar-refractivity contribution in [1.29, 1.82) is 5.41 Å². The molecule has 0 aliphatic carbocycles. The molecule has 0 saturated carbocycles. The molecular formula is C17H23N3. The number of rotatable bonds is 9. The molecule has 0 atom stereocenters. The highest BCUT2D eigenvalue weighted by molar-refractivity contribution is 5.78. The molecule has 0 bridgehead atoms. The van der Waals surface area contributed by atoms with Crippen LogP contribution in [0.25, 0.3) is 5.70 Å². The van der Waals surface area contributed by atoms with Crippen LogP contribution in [0.3, 0.4) is 0 Å². The maximum Gasteiger partial charge on any atom is 0.0715 e. The van der Waals surface area contributed by atoms with Crippen LogP contribution in [0.2, 0.25) is 0 Å². The van der Waals surface area contributed by atoms with Gasteiger partial charge in [-0.15, -0.1) is 0 Å². The summed E-state index contributed by atoms with van der Waals surface area (Å²) in [5.41, 5.74) is 3.48. The SMILES string of the molecule is C=N/C(=C\C(=C)NCCCCC)c1ccc(C=N)cc1. The molecule has 0 radical (unpaired) electrons. The summed E-state index contributed by atoms with van der Waals surface area (Å²) in [4.78, 5) is 4.05. The van der Waals surface area contributed by atoms with Gasteiger partial charge in [-0.05, 0) is 24.8 Å². The van der Waals surface area contributed by atoms with Gasteiger partial charge in [0.2, 0.25) is 0 Å². The van der Waals surface area contributed by atoms with Crippen molar-refractivity contribution in [3.63, 3.8) is 0 Å². The second kappa shape index (κ2) is 8.86. The molecule has 0 unspecified atom stereocenters.